The maximum Gasteiger partial charge on any atom is 0.146 e. The molecule has 2 heterocycles. The first-order valence-corrected chi connectivity index (χ1v) is 4.49. The van der Waals surface area contributed by atoms with Gasteiger partial charge in [0.1, 0.15) is 17.8 Å². The number of hydrogen-bond donors (Lipinski definition) is 1. The number of halogens is 1. The highest BCUT2D eigenvalue weighted by atomic mass is 127. The van der Waals surface area contributed by atoms with Crippen molar-refractivity contribution in [2.75, 3.05) is 5.73 Å². The topological polar surface area (TPSA) is 56.7 Å². The van der Waals surface area contributed by atoms with Crippen molar-refractivity contribution in [3.8, 4) is 0 Å². The molecule has 0 aliphatic rings. The molecule has 2 rings (SSSR count). The lowest BCUT2D eigenvalue weighted by molar-refractivity contribution is 0.916. The molecule has 0 amide bonds. The van der Waals surface area contributed by atoms with Gasteiger partial charge in [0.25, 0.3) is 0 Å². The van der Waals surface area contributed by atoms with Gasteiger partial charge in [0, 0.05) is 7.05 Å². The molecule has 0 spiro atoms. The van der Waals surface area contributed by atoms with Gasteiger partial charge in [0.2, 0.25) is 0 Å². The second-order valence-corrected chi connectivity index (χ2v) is 3.63. The predicted octanol–water partition coefficient (Wildman–Crippen LogP) is 1.16. The fourth-order valence-electron chi connectivity index (χ4n) is 1.12. The van der Waals surface area contributed by atoms with E-state index in [1.165, 1.54) is 6.33 Å². The lowest BCUT2D eigenvalue weighted by atomic mass is 10.4. The number of aryl methyl sites for hydroxylation is 1. The number of nitrogens with two attached hydrogens (primary N) is 1. The number of nitrogen functional groups attached to an aromatic ring is 1. The summed E-state index contributed by atoms with van der Waals surface area (Å²) >= 11 is 2.23. The van der Waals surface area contributed by atoms with Gasteiger partial charge in [-0.3, -0.25) is 0 Å². The van der Waals surface area contributed by atoms with E-state index in [9.17, 15) is 0 Å². The molecule has 0 atom stereocenters. The fraction of sp³-hybridized carbons (Fsp3) is 0.143. The minimum absolute atomic E-state index is 0.540. The Balaban J connectivity index is 2.95. The zero-order valence-electron chi connectivity index (χ0n) is 6.45. The smallest absolute Gasteiger partial charge is 0.146 e. The van der Waals surface area contributed by atoms with Crippen LogP contribution in [0.15, 0.2) is 12.4 Å². The summed E-state index contributed by atoms with van der Waals surface area (Å²) in [6.45, 7) is 0. The molecule has 0 aromatic carbocycles. The van der Waals surface area contributed by atoms with Crippen molar-refractivity contribution < 1.29 is 0 Å². The summed E-state index contributed by atoms with van der Waals surface area (Å²) in [6.07, 6.45) is 1.48. The highest BCUT2D eigenvalue weighted by Crippen LogP contribution is 2.20. The molecule has 5 heteroatoms. The molecule has 2 aromatic rings. The van der Waals surface area contributed by atoms with E-state index in [0.717, 1.165) is 14.7 Å². The van der Waals surface area contributed by atoms with Crippen LogP contribution in [0.5, 0.6) is 0 Å². The van der Waals surface area contributed by atoms with Crippen LogP contribution in [0.1, 0.15) is 0 Å². The van der Waals surface area contributed by atoms with Crippen LogP contribution in [0.3, 0.4) is 0 Å². The number of anilines is 1. The Bertz CT molecular complexity index is 434. The zero-order valence-corrected chi connectivity index (χ0v) is 8.61. The van der Waals surface area contributed by atoms with Gasteiger partial charge < -0.3 is 10.3 Å². The van der Waals surface area contributed by atoms with Gasteiger partial charge in [0.05, 0.1) is 9.09 Å². The lowest BCUT2D eigenvalue weighted by Gasteiger charge is -1.96. The van der Waals surface area contributed by atoms with E-state index in [4.69, 9.17) is 5.73 Å². The summed E-state index contributed by atoms with van der Waals surface area (Å²) in [5.41, 5.74) is 6.55. The molecule has 2 N–H and O–H groups in total. The van der Waals surface area contributed by atoms with E-state index in [0.29, 0.717) is 5.82 Å². The van der Waals surface area contributed by atoms with Crippen molar-refractivity contribution in [1.29, 1.82) is 0 Å². The van der Waals surface area contributed by atoms with Crippen LogP contribution in [-0.2, 0) is 7.05 Å². The molecule has 0 aliphatic carbocycles. The van der Waals surface area contributed by atoms with Crippen LogP contribution in [0, 0.1) is 3.70 Å². The first kappa shape index (κ1) is 7.78. The quantitative estimate of drug-likeness (QED) is 0.733. The van der Waals surface area contributed by atoms with Gasteiger partial charge in [-0.05, 0) is 28.7 Å². The van der Waals surface area contributed by atoms with Gasteiger partial charge in [-0.15, -0.1) is 0 Å². The minimum atomic E-state index is 0.540. The molecule has 0 saturated heterocycles. The Morgan fingerprint density at radius 3 is 2.92 bits per heavy atom. The molecule has 0 fully saturated rings. The first-order valence-electron chi connectivity index (χ1n) is 3.41. The maximum absolute atomic E-state index is 5.67. The third-order valence-electron chi connectivity index (χ3n) is 1.80. The molecule has 0 aliphatic heterocycles. The summed E-state index contributed by atoms with van der Waals surface area (Å²) < 4.78 is 3.09. The Hall–Kier alpha value is -0.850. The van der Waals surface area contributed by atoms with E-state index < -0.39 is 0 Å². The van der Waals surface area contributed by atoms with E-state index in [-0.39, 0.29) is 0 Å². The fourth-order valence-corrected chi connectivity index (χ4v) is 1.66. The van der Waals surface area contributed by atoms with E-state index in [2.05, 4.69) is 32.6 Å². The standard InChI is InChI=1S/C7H7IN4/c1-12-5(8)2-4-6(9)10-3-11-7(4)12/h2-3H,1H3,(H2,9,10,11). The zero-order chi connectivity index (χ0) is 8.72. The minimum Gasteiger partial charge on any atom is -0.383 e. The Kier molecular flexibility index (Phi) is 1.67. The molecular formula is C7H7IN4. The van der Waals surface area contributed by atoms with Gasteiger partial charge in [-0.25, -0.2) is 9.97 Å². The van der Waals surface area contributed by atoms with Crippen molar-refractivity contribution >= 4 is 39.4 Å². The van der Waals surface area contributed by atoms with Crippen molar-refractivity contribution in [1.82, 2.24) is 14.5 Å². The normalized spacial score (nSPS) is 10.8. The summed E-state index contributed by atoms with van der Waals surface area (Å²) in [4.78, 5) is 8.04. The number of fused-ring (bicyclic) bond motifs is 1. The average Bonchev–Trinajstić information content (AvgIpc) is 2.32. The summed E-state index contributed by atoms with van der Waals surface area (Å²) in [7, 11) is 1.95. The Morgan fingerprint density at radius 1 is 1.50 bits per heavy atom. The van der Waals surface area contributed by atoms with Crippen molar-refractivity contribution in [3.63, 3.8) is 0 Å². The van der Waals surface area contributed by atoms with Crippen LogP contribution < -0.4 is 5.73 Å². The van der Waals surface area contributed by atoms with E-state index in [1.807, 2.05) is 17.7 Å². The Morgan fingerprint density at radius 2 is 2.25 bits per heavy atom. The molecular weight excluding hydrogens is 267 g/mol. The second kappa shape index (κ2) is 2.58. The van der Waals surface area contributed by atoms with Crippen molar-refractivity contribution in [2.24, 2.45) is 7.05 Å². The molecule has 0 saturated carbocycles. The van der Waals surface area contributed by atoms with Crippen LogP contribution in [-0.4, -0.2) is 14.5 Å². The van der Waals surface area contributed by atoms with E-state index in [1.54, 1.807) is 0 Å². The highest BCUT2D eigenvalue weighted by Gasteiger charge is 2.06. The molecule has 62 valence electrons. The number of nitrogens with zero attached hydrogens (tertiary/aromatic N) is 3. The van der Waals surface area contributed by atoms with Gasteiger partial charge in [0.15, 0.2) is 0 Å². The number of hydrogen-bond acceptors (Lipinski definition) is 3. The highest BCUT2D eigenvalue weighted by molar-refractivity contribution is 14.1. The monoisotopic (exact) mass is 274 g/mol. The third-order valence-corrected chi connectivity index (χ3v) is 2.83. The molecule has 0 radical (unpaired) electrons. The van der Waals surface area contributed by atoms with Crippen LogP contribution >= 0.6 is 22.6 Å². The lowest BCUT2D eigenvalue weighted by Crippen LogP contribution is -1.95. The Labute approximate surface area is 82.9 Å². The van der Waals surface area contributed by atoms with Crippen LogP contribution in [0.2, 0.25) is 0 Å². The summed E-state index contributed by atoms with van der Waals surface area (Å²) in [6, 6.07) is 1.98. The number of aromatic nitrogens is 3. The molecule has 0 unspecified atom stereocenters. The largest absolute Gasteiger partial charge is 0.383 e. The van der Waals surface area contributed by atoms with Gasteiger partial charge in [-0.1, -0.05) is 0 Å². The SMILES string of the molecule is Cn1c(I)cc2c(N)ncnc21. The van der Waals surface area contributed by atoms with Crippen molar-refractivity contribution in [2.45, 2.75) is 0 Å². The van der Waals surface area contributed by atoms with E-state index >= 15 is 0 Å². The van der Waals surface area contributed by atoms with Crippen LogP contribution in [0.4, 0.5) is 5.82 Å². The predicted molar refractivity (Wildman–Crippen MR) is 55.6 cm³/mol. The van der Waals surface area contributed by atoms with Gasteiger partial charge in [-0.2, -0.15) is 0 Å². The van der Waals surface area contributed by atoms with Crippen LogP contribution in [0.25, 0.3) is 11.0 Å². The summed E-state index contributed by atoms with van der Waals surface area (Å²) in [5, 5.41) is 0.921. The maximum atomic E-state index is 5.67. The third kappa shape index (κ3) is 0.961. The van der Waals surface area contributed by atoms with Gasteiger partial charge >= 0.3 is 0 Å². The summed E-state index contributed by atoms with van der Waals surface area (Å²) in [5.74, 6) is 0.540. The molecule has 2 aromatic heterocycles. The molecule has 4 nitrogen and oxygen atoms in total. The van der Waals surface area contributed by atoms with Crippen molar-refractivity contribution in [3.05, 3.63) is 16.1 Å². The molecule has 0 bridgehead atoms. The molecule has 12 heavy (non-hydrogen) atoms. The first-order chi connectivity index (χ1) is 5.70. The number of rotatable bonds is 0. The average molecular weight is 274 g/mol. The second-order valence-electron chi connectivity index (χ2n) is 2.52.